The lowest BCUT2D eigenvalue weighted by atomic mass is 10.1. The van der Waals surface area contributed by atoms with Gasteiger partial charge in [0.15, 0.2) is 5.82 Å². The highest BCUT2D eigenvalue weighted by molar-refractivity contribution is 7.20. The van der Waals surface area contributed by atoms with E-state index in [1.165, 1.54) is 24.1 Å². The highest BCUT2D eigenvalue weighted by Crippen LogP contribution is 2.34. The van der Waals surface area contributed by atoms with E-state index in [1.807, 2.05) is 29.2 Å². The molecule has 1 aromatic carbocycles. The first-order valence-corrected chi connectivity index (χ1v) is 14.4. The van der Waals surface area contributed by atoms with E-state index in [2.05, 4.69) is 37.4 Å². The number of pyridine rings is 1. The Balaban J connectivity index is 1.10. The van der Waals surface area contributed by atoms with Gasteiger partial charge in [0, 0.05) is 44.0 Å². The highest BCUT2D eigenvalue weighted by Gasteiger charge is 2.28. The molecule has 2 aliphatic rings. The topological polar surface area (TPSA) is 102 Å². The fourth-order valence-electron chi connectivity index (χ4n) is 4.68. The van der Waals surface area contributed by atoms with Crippen molar-refractivity contribution in [2.75, 3.05) is 25.0 Å². The first-order chi connectivity index (χ1) is 19.6. The molecule has 0 aliphatic carbocycles. The number of carbonyl (C=O) groups is 1. The first-order valence-electron chi connectivity index (χ1n) is 13.2. The lowest BCUT2D eigenvalue weighted by Crippen LogP contribution is -2.38. The average Bonchev–Trinajstić information content (AvgIpc) is 3.61. The lowest BCUT2D eigenvalue weighted by Gasteiger charge is -2.27. The number of hydrogen-bond acceptors (Lipinski definition) is 9. The Kier molecular flexibility index (Phi) is 7.95. The van der Waals surface area contributed by atoms with E-state index in [0.29, 0.717) is 35.4 Å². The molecule has 11 heteroatoms. The van der Waals surface area contributed by atoms with Crippen LogP contribution in [0.4, 0.5) is 16.3 Å². The van der Waals surface area contributed by atoms with E-state index in [0.717, 1.165) is 46.7 Å². The molecule has 0 saturated carbocycles. The molecule has 2 unspecified atom stereocenters. The van der Waals surface area contributed by atoms with Crippen LogP contribution in [0.1, 0.15) is 30.6 Å². The number of piperidine rings is 1. The summed E-state index contributed by atoms with van der Waals surface area (Å²) in [6.45, 7) is 2.18. The Bertz CT molecular complexity index is 1560. The van der Waals surface area contributed by atoms with Crippen molar-refractivity contribution in [1.82, 2.24) is 25.2 Å². The van der Waals surface area contributed by atoms with Crippen LogP contribution in [-0.4, -0.2) is 57.7 Å². The molecular weight excluding hydrogens is 548 g/mol. The van der Waals surface area contributed by atoms with Crippen LogP contribution in [-0.2, 0) is 4.74 Å². The quantitative estimate of drug-likeness (QED) is 0.281. The van der Waals surface area contributed by atoms with Gasteiger partial charge >= 0.3 is 6.09 Å². The maximum atomic E-state index is 12.4. The SMILES string of the molecule is O=C(OC1CNC(C#Cc2cc3ncnc(Nc4ccc(Oc5ccccn5)c(Cl)c4)c3s2)C1)N1CCCCC1. The average molecular weight is 575 g/mol. The van der Waals surface area contributed by atoms with E-state index in [1.54, 1.807) is 24.4 Å². The molecule has 40 heavy (non-hydrogen) atoms. The number of anilines is 2. The number of halogens is 1. The maximum Gasteiger partial charge on any atom is 0.410 e. The predicted octanol–water partition coefficient (Wildman–Crippen LogP) is 5.98. The molecule has 2 aliphatic heterocycles. The fraction of sp³-hybridized carbons (Fsp3) is 0.310. The largest absolute Gasteiger partial charge is 0.445 e. The van der Waals surface area contributed by atoms with Gasteiger partial charge in [-0.25, -0.2) is 19.7 Å². The molecule has 9 nitrogen and oxygen atoms in total. The van der Waals surface area contributed by atoms with Gasteiger partial charge < -0.3 is 19.7 Å². The van der Waals surface area contributed by atoms with Crippen LogP contribution in [0.15, 0.2) is 55.0 Å². The Morgan fingerprint density at radius 2 is 2.02 bits per heavy atom. The zero-order chi connectivity index (χ0) is 27.3. The minimum absolute atomic E-state index is 0.0398. The third-order valence-electron chi connectivity index (χ3n) is 6.70. The second-order valence-corrected chi connectivity index (χ2v) is 11.1. The van der Waals surface area contributed by atoms with Crippen LogP contribution in [0.25, 0.3) is 10.2 Å². The van der Waals surface area contributed by atoms with Crippen molar-refractivity contribution >= 4 is 50.8 Å². The number of nitrogens with one attached hydrogen (secondary N) is 2. The van der Waals surface area contributed by atoms with Gasteiger partial charge in [-0.2, -0.15) is 0 Å². The molecule has 4 aromatic rings. The van der Waals surface area contributed by atoms with Crippen molar-refractivity contribution in [2.45, 2.75) is 37.8 Å². The minimum atomic E-state index is -0.208. The number of thiophene rings is 1. The van der Waals surface area contributed by atoms with E-state index in [4.69, 9.17) is 21.1 Å². The monoisotopic (exact) mass is 574 g/mol. The van der Waals surface area contributed by atoms with Gasteiger partial charge in [-0.15, -0.1) is 11.3 Å². The molecule has 5 heterocycles. The molecule has 6 rings (SSSR count). The number of ether oxygens (including phenoxy) is 2. The first kappa shape index (κ1) is 26.3. The molecule has 204 valence electrons. The third-order valence-corrected chi connectivity index (χ3v) is 8.04. The zero-order valence-corrected chi connectivity index (χ0v) is 23.2. The van der Waals surface area contributed by atoms with E-state index >= 15 is 0 Å². The number of amides is 1. The highest BCUT2D eigenvalue weighted by atomic mass is 35.5. The van der Waals surface area contributed by atoms with Crippen LogP contribution in [0.3, 0.4) is 0 Å². The summed E-state index contributed by atoms with van der Waals surface area (Å²) < 4.78 is 12.4. The molecule has 0 bridgehead atoms. The van der Waals surface area contributed by atoms with Gasteiger partial charge in [-0.05, 0) is 49.6 Å². The summed E-state index contributed by atoms with van der Waals surface area (Å²) in [5, 5.41) is 7.13. The predicted molar refractivity (Wildman–Crippen MR) is 155 cm³/mol. The van der Waals surface area contributed by atoms with Gasteiger partial charge in [0.1, 0.15) is 18.2 Å². The number of carbonyl (C=O) groups excluding carboxylic acids is 1. The van der Waals surface area contributed by atoms with Gasteiger partial charge in [0.25, 0.3) is 0 Å². The summed E-state index contributed by atoms with van der Waals surface area (Å²) in [5.41, 5.74) is 1.57. The van der Waals surface area contributed by atoms with E-state index < -0.39 is 0 Å². The normalized spacial score (nSPS) is 18.7. The van der Waals surface area contributed by atoms with Crippen LogP contribution in [0, 0.1) is 11.8 Å². The summed E-state index contributed by atoms with van der Waals surface area (Å²) in [6.07, 6.45) is 6.75. The van der Waals surface area contributed by atoms with Gasteiger partial charge in [-0.3, -0.25) is 5.32 Å². The summed E-state index contributed by atoms with van der Waals surface area (Å²) >= 11 is 7.99. The molecular formula is C29H27ClN6O3S. The number of aromatic nitrogens is 3. The standard InChI is InChI=1S/C29H27ClN6O3S/c30-23-15-20(8-10-25(23)39-26-6-2-3-11-31-26)35-28-27-24(33-18-34-28)16-22(40-27)9-7-19-14-21(17-32-19)38-29(37)36-12-4-1-5-13-36/h2-3,6,8,10-11,15-16,18-19,21,32H,1,4-5,12-14,17H2,(H,33,34,35). The summed E-state index contributed by atoms with van der Waals surface area (Å²) in [7, 11) is 0. The van der Waals surface area contributed by atoms with Crippen LogP contribution in [0.2, 0.25) is 5.02 Å². The number of hydrogen-bond donors (Lipinski definition) is 2. The Morgan fingerprint density at radius 1 is 1.12 bits per heavy atom. The van der Waals surface area contributed by atoms with Crippen molar-refractivity contribution in [3.05, 3.63) is 64.9 Å². The zero-order valence-electron chi connectivity index (χ0n) is 21.6. The molecule has 2 N–H and O–H groups in total. The summed E-state index contributed by atoms with van der Waals surface area (Å²) in [4.78, 5) is 28.1. The van der Waals surface area contributed by atoms with Crippen LogP contribution in [0.5, 0.6) is 11.6 Å². The smallest absolute Gasteiger partial charge is 0.410 e. The van der Waals surface area contributed by atoms with Crippen LogP contribution >= 0.6 is 22.9 Å². The van der Waals surface area contributed by atoms with Crippen molar-refractivity contribution in [2.24, 2.45) is 0 Å². The molecule has 0 spiro atoms. The molecule has 0 radical (unpaired) electrons. The molecule has 1 amide bonds. The summed E-state index contributed by atoms with van der Waals surface area (Å²) in [6, 6.07) is 12.8. The van der Waals surface area contributed by atoms with Gasteiger partial charge in [0.2, 0.25) is 5.88 Å². The van der Waals surface area contributed by atoms with Crippen molar-refractivity contribution in [1.29, 1.82) is 0 Å². The van der Waals surface area contributed by atoms with E-state index in [9.17, 15) is 4.79 Å². The maximum absolute atomic E-state index is 12.4. The van der Waals surface area contributed by atoms with Crippen molar-refractivity contribution < 1.29 is 14.3 Å². The molecule has 2 saturated heterocycles. The Morgan fingerprint density at radius 3 is 2.85 bits per heavy atom. The molecule has 2 fully saturated rings. The number of likely N-dealkylation sites (tertiary alicyclic amines) is 1. The molecule has 2 atom stereocenters. The van der Waals surface area contributed by atoms with Gasteiger partial charge in [-0.1, -0.05) is 29.5 Å². The Hall–Kier alpha value is -3.91. The summed E-state index contributed by atoms with van der Waals surface area (Å²) in [5.74, 6) is 8.19. The van der Waals surface area contributed by atoms with Crippen LogP contribution < -0.4 is 15.4 Å². The number of benzene rings is 1. The third kappa shape index (κ3) is 6.28. The minimum Gasteiger partial charge on any atom is -0.445 e. The second kappa shape index (κ2) is 12.1. The number of nitrogens with zero attached hydrogens (tertiary/aromatic N) is 4. The van der Waals surface area contributed by atoms with E-state index in [-0.39, 0.29) is 18.2 Å². The van der Waals surface area contributed by atoms with Crippen molar-refractivity contribution in [3.8, 4) is 23.5 Å². The number of fused-ring (bicyclic) bond motifs is 1. The number of rotatable bonds is 5. The van der Waals surface area contributed by atoms with Gasteiger partial charge in [0.05, 0.1) is 26.2 Å². The lowest BCUT2D eigenvalue weighted by molar-refractivity contribution is 0.0646. The molecule has 3 aromatic heterocycles. The second-order valence-electron chi connectivity index (χ2n) is 9.61. The Labute approximate surface area is 240 Å². The fourth-order valence-corrected chi connectivity index (χ4v) is 5.81. The van der Waals surface area contributed by atoms with Crippen molar-refractivity contribution in [3.63, 3.8) is 0 Å².